The fourth-order valence-electron chi connectivity index (χ4n) is 3.91. The molecule has 30 heavy (non-hydrogen) atoms. The van der Waals surface area contributed by atoms with Gasteiger partial charge in [0, 0.05) is 37.3 Å². The van der Waals surface area contributed by atoms with Crippen molar-refractivity contribution in [1.29, 1.82) is 0 Å². The molecule has 1 amide bonds. The summed E-state index contributed by atoms with van der Waals surface area (Å²) in [7, 11) is 0. The number of aromatic nitrogens is 2. The lowest BCUT2D eigenvalue weighted by molar-refractivity contribution is 0.0624. The maximum Gasteiger partial charge on any atom is 0.258 e. The Bertz CT molecular complexity index is 1160. The van der Waals surface area contributed by atoms with E-state index < -0.39 is 0 Å². The number of hydrogen-bond donors (Lipinski definition) is 0. The van der Waals surface area contributed by atoms with E-state index >= 15 is 0 Å². The average Bonchev–Trinajstić information content (AvgIpc) is 3.27. The largest absolute Gasteiger partial charge is 0.336 e. The van der Waals surface area contributed by atoms with E-state index in [0.29, 0.717) is 31.3 Å². The van der Waals surface area contributed by atoms with E-state index in [1.807, 2.05) is 59.5 Å². The summed E-state index contributed by atoms with van der Waals surface area (Å²) in [4.78, 5) is 21.4. The second kappa shape index (κ2) is 8.08. The first-order valence-electron chi connectivity index (χ1n) is 10.2. The molecule has 6 heteroatoms. The van der Waals surface area contributed by atoms with Crippen molar-refractivity contribution in [2.75, 3.05) is 26.2 Å². The molecule has 1 aliphatic heterocycles. The number of nitrogens with zero attached hydrogens (tertiary/aromatic N) is 4. The van der Waals surface area contributed by atoms with Crippen LogP contribution < -0.4 is 0 Å². The minimum Gasteiger partial charge on any atom is -0.336 e. The minimum absolute atomic E-state index is 0.0908. The third-order valence-electron chi connectivity index (χ3n) is 5.53. The fraction of sp³-hybridized carbons (Fsp3) is 0.208. The summed E-state index contributed by atoms with van der Waals surface area (Å²) in [5.74, 6) is 1.30. The van der Waals surface area contributed by atoms with Crippen LogP contribution >= 0.6 is 0 Å². The van der Waals surface area contributed by atoms with Crippen LogP contribution in [0.15, 0.2) is 77.3 Å². The van der Waals surface area contributed by atoms with Gasteiger partial charge in [-0.3, -0.25) is 9.69 Å². The minimum atomic E-state index is 0.0908. The molecule has 0 bridgehead atoms. The Hall–Kier alpha value is -3.51. The maximum absolute atomic E-state index is 12.6. The van der Waals surface area contributed by atoms with Gasteiger partial charge in [-0.05, 0) is 29.0 Å². The monoisotopic (exact) mass is 398 g/mol. The van der Waals surface area contributed by atoms with Crippen LogP contribution in [0.5, 0.6) is 0 Å². The molecule has 0 spiro atoms. The summed E-state index contributed by atoms with van der Waals surface area (Å²) >= 11 is 0. The molecule has 0 atom stereocenters. The van der Waals surface area contributed by atoms with Crippen molar-refractivity contribution >= 4 is 16.7 Å². The Morgan fingerprint density at radius 2 is 1.60 bits per heavy atom. The molecular formula is C24H22N4O2. The van der Waals surface area contributed by atoms with E-state index in [2.05, 4.69) is 33.2 Å². The molecule has 150 valence electrons. The molecule has 0 unspecified atom stereocenters. The molecule has 3 aromatic carbocycles. The molecule has 0 aliphatic carbocycles. The van der Waals surface area contributed by atoms with Crippen LogP contribution in [0.25, 0.3) is 22.2 Å². The lowest BCUT2D eigenvalue weighted by Gasteiger charge is -2.34. The van der Waals surface area contributed by atoms with Crippen LogP contribution in [0.1, 0.15) is 16.2 Å². The second-order valence-corrected chi connectivity index (χ2v) is 7.48. The van der Waals surface area contributed by atoms with E-state index in [0.717, 1.165) is 35.0 Å². The number of piperazine rings is 1. The van der Waals surface area contributed by atoms with Gasteiger partial charge in [0.15, 0.2) is 5.82 Å². The molecule has 1 saturated heterocycles. The van der Waals surface area contributed by atoms with Crippen molar-refractivity contribution in [2.24, 2.45) is 0 Å². The number of benzene rings is 3. The third-order valence-corrected chi connectivity index (χ3v) is 5.53. The van der Waals surface area contributed by atoms with Crippen LogP contribution in [0, 0.1) is 0 Å². The van der Waals surface area contributed by atoms with Gasteiger partial charge in [-0.1, -0.05) is 59.8 Å². The van der Waals surface area contributed by atoms with E-state index in [4.69, 9.17) is 4.52 Å². The molecular weight excluding hydrogens is 376 g/mol. The van der Waals surface area contributed by atoms with Gasteiger partial charge < -0.3 is 9.42 Å². The number of rotatable bonds is 4. The van der Waals surface area contributed by atoms with Gasteiger partial charge in [-0.15, -0.1) is 0 Å². The van der Waals surface area contributed by atoms with Crippen LogP contribution in [-0.4, -0.2) is 52.0 Å². The summed E-state index contributed by atoms with van der Waals surface area (Å²) < 4.78 is 5.57. The van der Waals surface area contributed by atoms with Crippen LogP contribution in [0.3, 0.4) is 0 Å². The van der Waals surface area contributed by atoms with E-state index in [1.165, 1.54) is 0 Å². The molecule has 5 rings (SSSR count). The number of carbonyl (C=O) groups excluding carboxylic acids is 1. The molecule has 1 fully saturated rings. The molecule has 0 N–H and O–H groups in total. The highest BCUT2D eigenvalue weighted by Gasteiger charge is 2.23. The quantitative estimate of drug-likeness (QED) is 0.523. The fourth-order valence-corrected chi connectivity index (χ4v) is 3.91. The number of fused-ring (bicyclic) bond motifs is 1. The van der Waals surface area contributed by atoms with Gasteiger partial charge in [0.2, 0.25) is 0 Å². The summed E-state index contributed by atoms with van der Waals surface area (Å²) in [5, 5.41) is 6.43. The van der Waals surface area contributed by atoms with Crippen LogP contribution in [-0.2, 0) is 6.54 Å². The van der Waals surface area contributed by atoms with Crippen LogP contribution in [0.4, 0.5) is 0 Å². The SMILES string of the molecule is O=C(c1ccccc1)N1CCN(Cc2noc(-c3cccc4ccccc34)n2)CC1. The lowest BCUT2D eigenvalue weighted by atomic mass is 10.0. The summed E-state index contributed by atoms with van der Waals surface area (Å²) in [6.07, 6.45) is 0. The van der Waals surface area contributed by atoms with Gasteiger partial charge in [-0.25, -0.2) is 0 Å². The molecule has 1 aromatic heterocycles. The first-order valence-corrected chi connectivity index (χ1v) is 10.2. The molecule has 0 radical (unpaired) electrons. The van der Waals surface area contributed by atoms with Crippen molar-refractivity contribution in [2.45, 2.75) is 6.54 Å². The average molecular weight is 398 g/mol. The Kier molecular flexibility index (Phi) is 4.99. The van der Waals surface area contributed by atoms with Crippen molar-refractivity contribution in [3.05, 3.63) is 84.2 Å². The summed E-state index contributed by atoms with van der Waals surface area (Å²) in [5.41, 5.74) is 1.69. The molecule has 2 heterocycles. The zero-order chi connectivity index (χ0) is 20.3. The first-order chi connectivity index (χ1) is 14.8. The lowest BCUT2D eigenvalue weighted by Crippen LogP contribution is -2.48. The summed E-state index contributed by atoms with van der Waals surface area (Å²) in [6, 6.07) is 23.7. The highest BCUT2D eigenvalue weighted by Crippen LogP contribution is 2.27. The smallest absolute Gasteiger partial charge is 0.258 e. The first kappa shape index (κ1) is 18.5. The molecule has 1 aliphatic rings. The maximum atomic E-state index is 12.6. The summed E-state index contributed by atoms with van der Waals surface area (Å²) in [6.45, 7) is 3.58. The van der Waals surface area contributed by atoms with Gasteiger partial charge in [0.25, 0.3) is 11.8 Å². The van der Waals surface area contributed by atoms with Gasteiger partial charge in [-0.2, -0.15) is 4.98 Å². The topological polar surface area (TPSA) is 62.5 Å². The highest BCUT2D eigenvalue weighted by molar-refractivity contribution is 5.95. The van der Waals surface area contributed by atoms with Gasteiger partial charge in [0.1, 0.15) is 0 Å². The number of hydrogen-bond acceptors (Lipinski definition) is 5. The number of amides is 1. The molecule has 0 saturated carbocycles. The molecule has 4 aromatic rings. The van der Waals surface area contributed by atoms with E-state index in [9.17, 15) is 4.79 Å². The Balaban J connectivity index is 1.24. The van der Waals surface area contributed by atoms with Crippen molar-refractivity contribution in [3.63, 3.8) is 0 Å². The second-order valence-electron chi connectivity index (χ2n) is 7.48. The standard InChI is InChI=1S/C24H22N4O2/c29-24(19-8-2-1-3-9-19)28-15-13-27(14-16-28)17-22-25-23(30-26-22)21-12-6-10-18-7-4-5-11-20(18)21/h1-12H,13-17H2. The van der Waals surface area contributed by atoms with Crippen molar-refractivity contribution < 1.29 is 9.32 Å². The van der Waals surface area contributed by atoms with Gasteiger partial charge in [0.05, 0.1) is 6.54 Å². The predicted octanol–water partition coefficient (Wildman–Crippen LogP) is 3.85. The predicted molar refractivity (Wildman–Crippen MR) is 115 cm³/mol. The third kappa shape index (κ3) is 3.69. The molecule has 6 nitrogen and oxygen atoms in total. The van der Waals surface area contributed by atoms with Crippen molar-refractivity contribution in [3.8, 4) is 11.5 Å². The normalized spacial score (nSPS) is 14.9. The Morgan fingerprint density at radius 1 is 0.867 bits per heavy atom. The van der Waals surface area contributed by atoms with Gasteiger partial charge >= 0.3 is 0 Å². The van der Waals surface area contributed by atoms with E-state index in [-0.39, 0.29) is 5.91 Å². The highest BCUT2D eigenvalue weighted by atomic mass is 16.5. The Labute approximate surface area is 174 Å². The zero-order valence-corrected chi connectivity index (χ0v) is 16.6. The number of carbonyl (C=O) groups is 1. The van der Waals surface area contributed by atoms with E-state index in [1.54, 1.807) is 0 Å². The van der Waals surface area contributed by atoms with Crippen molar-refractivity contribution in [1.82, 2.24) is 19.9 Å². The zero-order valence-electron chi connectivity index (χ0n) is 16.6. The van der Waals surface area contributed by atoms with Crippen LogP contribution in [0.2, 0.25) is 0 Å². The Morgan fingerprint density at radius 3 is 2.43 bits per heavy atom.